The van der Waals surface area contributed by atoms with Gasteiger partial charge in [-0.1, -0.05) is 23.9 Å². The van der Waals surface area contributed by atoms with E-state index in [9.17, 15) is 4.79 Å². The van der Waals surface area contributed by atoms with Gasteiger partial charge in [0.2, 0.25) is 11.9 Å². The van der Waals surface area contributed by atoms with Crippen LogP contribution in [0.25, 0.3) is 0 Å². The number of rotatable bonds is 8. The molecule has 1 aliphatic carbocycles. The van der Waals surface area contributed by atoms with E-state index in [-0.39, 0.29) is 5.91 Å². The number of morpholine rings is 1. The first-order valence-corrected chi connectivity index (χ1v) is 10.6. The fraction of sp³-hybridized carbons (Fsp3) is 0.526. The molecule has 2 aromatic rings. The summed E-state index contributed by atoms with van der Waals surface area (Å²) in [7, 11) is 1.59. The Bertz CT molecular complexity index is 818. The number of ether oxygens (including phenoxy) is 2. The highest BCUT2D eigenvalue weighted by Crippen LogP contribution is 2.41. The maximum atomic E-state index is 12.3. The van der Waals surface area contributed by atoms with E-state index < -0.39 is 0 Å². The van der Waals surface area contributed by atoms with Crippen LogP contribution in [0.2, 0.25) is 0 Å². The second kappa shape index (κ2) is 8.83. The molecule has 1 saturated heterocycles. The van der Waals surface area contributed by atoms with Crippen LogP contribution in [0.1, 0.15) is 25.3 Å². The Morgan fingerprint density at radius 3 is 2.82 bits per heavy atom. The van der Waals surface area contributed by atoms with Crippen LogP contribution in [-0.2, 0) is 9.53 Å². The van der Waals surface area contributed by atoms with E-state index in [2.05, 4.69) is 25.0 Å². The van der Waals surface area contributed by atoms with Crippen molar-refractivity contribution in [3.05, 3.63) is 24.3 Å². The van der Waals surface area contributed by atoms with Crippen LogP contribution in [0.5, 0.6) is 5.75 Å². The van der Waals surface area contributed by atoms with Crippen LogP contribution in [0.4, 0.5) is 11.6 Å². The zero-order valence-electron chi connectivity index (χ0n) is 16.0. The van der Waals surface area contributed by atoms with E-state index in [1.54, 1.807) is 18.9 Å². The first-order valence-electron chi connectivity index (χ1n) is 9.59. The maximum Gasteiger partial charge on any atom is 0.228 e. The average Bonchev–Trinajstić information content (AvgIpc) is 3.48. The van der Waals surface area contributed by atoms with Gasteiger partial charge in [0.05, 0.1) is 26.0 Å². The third-order valence-electron chi connectivity index (χ3n) is 4.79. The number of anilines is 2. The van der Waals surface area contributed by atoms with Crippen molar-refractivity contribution in [1.82, 2.24) is 14.8 Å². The number of para-hydroxylation sites is 2. The molecule has 1 aromatic heterocycles. The predicted molar refractivity (Wildman–Crippen MR) is 108 cm³/mol. The number of hydrogen-bond donors (Lipinski definition) is 1. The van der Waals surface area contributed by atoms with E-state index in [1.807, 2.05) is 24.3 Å². The van der Waals surface area contributed by atoms with E-state index >= 15 is 0 Å². The Kier molecular flexibility index (Phi) is 6.01. The Balaban J connectivity index is 1.35. The summed E-state index contributed by atoms with van der Waals surface area (Å²) in [4.78, 5) is 14.6. The van der Waals surface area contributed by atoms with Gasteiger partial charge in [-0.3, -0.25) is 9.36 Å². The first-order chi connectivity index (χ1) is 13.8. The van der Waals surface area contributed by atoms with Gasteiger partial charge < -0.3 is 19.7 Å². The van der Waals surface area contributed by atoms with E-state index in [1.165, 1.54) is 0 Å². The normalized spacial score (nSPS) is 16.8. The van der Waals surface area contributed by atoms with Crippen molar-refractivity contribution in [3.63, 3.8) is 0 Å². The molecule has 1 N–H and O–H groups in total. The minimum atomic E-state index is -0.0390. The summed E-state index contributed by atoms with van der Waals surface area (Å²) in [6.07, 6.45) is 2.72. The van der Waals surface area contributed by atoms with E-state index in [0.717, 1.165) is 50.2 Å². The molecule has 150 valence electrons. The van der Waals surface area contributed by atoms with Crippen LogP contribution < -0.4 is 15.0 Å². The smallest absolute Gasteiger partial charge is 0.228 e. The lowest BCUT2D eigenvalue weighted by Gasteiger charge is -2.27. The molecule has 0 radical (unpaired) electrons. The summed E-state index contributed by atoms with van der Waals surface area (Å²) in [5, 5.41) is 12.6. The lowest BCUT2D eigenvalue weighted by atomic mass is 10.3. The fourth-order valence-electron chi connectivity index (χ4n) is 3.19. The molecule has 4 rings (SSSR count). The number of carbonyl (C=O) groups excluding carboxylic acids is 1. The molecule has 0 spiro atoms. The molecule has 8 nitrogen and oxygen atoms in total. The lowest BCUT2D eigenvalue weighted by molar-refractivity contribution is -0.115. The van der Waals surface area contributed by atoms with Crippen LogP contribution >= 0.6 is 11.8 Å². The Morgan fingerprint density at radius 2 is 2.07 bits per heavy atom. The van der Waals surface area contributed by atoms with Crippen molar-refractivity contribution in [2.45, 2.75) is 30.5 Å². The summed E-state index contributed by atoms with van der Waals surface area (Å²) < 4.78 is 13.0. The number of methoxy groups -OCH3 is 1. The summed E-state index contributed by atoms with van der Waals surface area (Å²) in [5.41, 5.74) is 0.691. The van der Waals surface area contributed by atoms with Crippen molar-refractivity contribution in [1.29, 1.82) is 0 Å². The third-order valence-corrected chi connectivity index (χ3v) is 5.74. The van der Waals surface area contributed by atoms with Crippen molar-refractivity contribution < 1.29 is 14.3 Å². The minimum Gasteiger partial charge on any atom is -0.495 e. The molecular weight excluding hydrogens is 378 g/mol. The summed E-state index contributed by atoms with van der Waals surface area (Å²) in [6.45, 7) is 3.14. The van der Waals surface area contributed by atoms with Crippen molar-refractivity contribution in [2.75, 3.05) is 49.4 Å². The number of amides is 1. The minimum absolute atomic E-state index is 0.0390. The molecule has 0 bridgehead atoms. The highest BCUT2D eigenvalue weighted by molar-refractivity contribution is 7.99. The Morgan fingerprint density at radius 1 is 1.29 bits per heavy atom. The number of nitrogens with one attached hydrogen (secondary N) is 1. The van der Waals surface area contributed by atoms with Gasteiger partial charge in [-0.25, -0.2) is 0 Å². The van der Waals surface area contributed by atoms with Crippen LogP contribution in [0.3, 0.4) is 0 Å². The average molecular weight is 404 g/mol. The molecule has 2 fully saturated rings. The highest BCUT2D eigenvalue weighted by atomic mass is 32.2. The van der Waals surface area contributed by atoms with E-state index in [4.69, 9.17) is 9.47 Å². The zero-order chi connectivity index (χ0) is 19.3. The molecule has 1 aromatic carbocycles. The molecule has 1 amide bonds. The highest BCUT2D eigenvalue weighted by Gasteiger charge is 2.32. The number of thioether (sulfide) groups is 1. The molecule has 1 saturated carbocycles. The fourth-order valence-corrected chi connectivity index (χ4v) is 4.13. The number of nitrogens with zero attached hydrogens (tertiary/aromatic N) is 4. The van der Waals surface area contributed by atoms with Crippen molar-refractivity contribution in [3.8, 4) is 5.75 Å². The van der Waals surface area contributed by atoms with Gasteiger partial charge in [0.1, 0.15) is 5.75 Å². The monoisotopic (exact) mass is 403 g/mol. The van der Waals surface area contributed by atoms with Gasteiger partial charge in [0.25, 0.3) is 0 Å². The quantitative estimate of drug-likeness (QED) is 0.679. The molecule has 0 atom stereocenters. The molecule has 1 aliphatic heterocycles. The topological polar surface area (TPSA) is 81.5 Å². The van der Waals surface area contributed by atoms with Crippen LogP contribution in [0.15, 0.2) is 29.4 Å². The largest absolute Gasteiger partial charge is 0.495 e. The number of hydrogen-bond acceptors (Lipinski definition) is 7. The Hall–Kier alpha value is -2.26. The van der Waals surface area contributed by atoms with Crippen molar-refractivity contribution in [2.24, 2.45) is 0 Å². The predicted octanol–water partition coefficient (Wildman–Crippen LogP) is 2.58. The SMILES string of the molecule is COc1ccccc1NC(=O)CCSc1nnc(N2CCOCC2)n1C1CC1. The molecule has 9 heteroatoms. The van der Waals surface area contributed by atoms with E-state index in [0.29, 0.717) is 29.7 Å². The zero-order valence-corrected chi connectivity index (χ0v) is 16.8. The first kappa shape index (κ1) is 19.1. The van der Waals surface area contributed by atoms with Gasteiger partial charge in [0.15, 0.2) is 5.16 Å². The number of carbonyl (C=O) groups is 1. The summed E-state index contributed by atoms with van der Waals surface area (Å²) in [5.74, 6) is 2.20. The van der Waals surface area contributed by atoms with Crippen LogP contribution in [-0.4, -0.2) is 59.8 Å². The van der Waals surface area contributed by atoms with Crippen molar-refractivity contribution >= 4 is 29.3 Å². The molecule has 28 heavy (non-hydrogen) atoms. The number of aromatic nitrogens is 3. The summed E-state index contributed by atoms with van der Waals surface area (Å²) >= 11 is 1.59. The Labute approximate surface area is 168 Å². The van der Waals surface area contributed by atoms with Gasteiger partial charge in [-0.05, 0) is 25.0 Å². The van der Waals surface area contributed by atoms with Gasteiger partial charge in [0, 0.05) is 31.3 Å². The van der Waals surface area contributed by atoms with Gasteiger partial charge >= 0.3 is 0 Å². The maximum absolute atomic E-state index is 12.3. The second-order valence-corrected chi connectivity index (χ2v) is 7.89. The van der Waals surface area contributed by atoms with Crippen LogP contribution in [0, 0.1) is 0 Å². The molecule has 2 heterocycles. The lowest BCUT2D eigenvalue weighted by Crippen LogP contribution is -2.38. The van der Waals surface area contributed by atoms with Gasteiger partial charge in [-0.2, -0.15) is 0 Å². The second-order valence-electron chi connectivity index (χ2n) is 6.83. The molecule has 0 unspecified atom stereocenters. The molecular formula is C19H25N5O3S. The van der Waals surface area contributed by atoms with Gasteiger partial charge in [-0.15, -0.1) is 10.2 Å². The summed E-state index contributed by atoms with van der Waals surface area (Å²) in [6, 6.07) is 7.90. The third kappa shape index (κ3) is 4.41. The molecule has 2 aliphatic rings. The standard InChI is InChI=1S/C19H25N5O3S/c1-26-16-5-3-2-4-15(16)20-17(25)8-13-28-19-22-21-18(24(19)14-6-7-14)23-9-11-27-12-10-23/h2-5,14H,6-13H2,1H3,(H,20,25). The number of benzene rings is 1.